The summed E-state index contributed by atoms with van der Waals surface area (Å²) in [7, 11) is 2.03. The molecule has 1 aromatic rings. The van der Waals surface area contributed by atoms with E-state index in [9.17, 15) is 0 Å². The van der Waals surface area contributed by atoms with Crippen molar-refractivity contribution in [2.24, 2.45) is 0 Å². The molecule has 1 fully saturated rings. The first kappa shape index (κ1) is 14.5. The van der Waals surface area contributed by atoms with Crippen LogP contribution in [-0.2, 0) is 11.2 Å². The Labute approximate surface area is 116 Å². The first-order valence-corrected chi connectivity index (χ1v) is 7.38. The van der Waals surface area contributed by atoms with Crippen molar-refractivity contribution in [1.29, 1.82) is 0 Å². The average Bonchev–Trinajstić information content (AvgIpc) is 2.48. The number of nitrogens with one attached hydrogen (secondary N) is 1. The molecule has 2 atom stereocenters. The molecule has 0 aliphatic carbocycles. The van der Waals surface area contributed by atoms with Crippen LogP contribution in [0.1, 0.15) is 31.0 Å². The largest absolute Gasteiger partial charge is 0.374 e. The molecule has 2 unspecified atom stereocenters. The van der Waals surface area contributed by atoms with Crippen LogP contribution in [0, 0.1) is 0 Å². The zero-order chi connectivity index (χ0) is 13.7. The molecule has 0 spiro atoms. The third-order valence-corrected chi connectivity index (χ3v) is 4.03. The average molecular weight is 262 g/mol. The van der Waals surface area contributed by atoms with Crippen molar-refractivity contribution in [2.45, 2.75) is 32.4 Å². The van der Waals surface area contributed by atoms with E-state index < -0.39 is 0 Å². The summed E-state index contributed by atoms with van der Waals surface area (Å²) in [6.45, 7) is 8.42. The Morgan fingerprint density at radius 2 is 2.26 bits per heavy atom. The van der Waals surface area contributed by atoms with E-state index in [-0.39, 0.29) is 12.1 Å². The van der Waals surface area contributed by atoms with Crippen molar-refractivity contribution in [3.05, 3.63) is 35.4 Å². The maximum absolute atomic E-state index is 5.99. The Kier molecular flexibility index (Phi) is 5.37. The molecular weight excluding hydrogens is 236 g/mol. The molecule has 1 heterocycles. The van der Waals surface area contributed by atoms with Crippen molar-refractivity contribution in [1.82, 2.24) is 10.2 Å². The number of aryl methyl sites for hydroxylation is 1. The molecule has 0 aromatic heterocycles. The Balaban J connectivity index is 2.13. The van der Waals surface area contributed by atoms with Crippen molar-refractivity contribution in [3.63, 3.8) is 0 Å². The molecule has 1 aliphatic heterocycles. The van der Waals surface area contributed by atoms with Crippen LogP contribution in [0.5, 0.6) is 0 Å². The second kappa shape index (κ2) is 7.04. The first-order valence-electron chi connectivity index (χ1n) is 7.38. The lowest BCUT2D eigenvalue weighted by atomic mass is 9.97. The molecule has 3 nitrogen and oxygen atoms in total. The van der Waals surface area contributed by atoms with Gasteiger partial charge in [-0.25, -0.2) is 0 Å². The zero-order valence-electron chi connectivity index (χ0n) is 12.4. The van der Waals surface area contributed by atoms with Gasteiger partial charge in [0.15, 0.2) is 0 Å². The predicted molar refractivity (Wildman–Crippen MR) is 79.5 cm³/mol. The quantitative estimate of drug-likeness (QED) is 0.880. The van der Waals surface area contributed by atoms with Gasteiger partial charge in [-0.1, -0.05) is 38.1 Å². The molecule has 1 aromatic carbocycles. The van der Waals surface area contributed by atoms with E-state index in [0.29, 0.717) is 0 Å². The molecule has 3 heteroatoms. The Morgan fingerprint density at radius 1 is 1.42 bits per heavy atom. The van der Waals surface area contributed by atoms with Gasteiger partial charge < -0.3 is 10.1 Å². The number of morpholine rings is 1. The second-order valence-electron chi connectivity index (χ2n) is 5.17. The van der Waals surface area contributed by atoms with Crippen LogP contribution >= 0.6 is 0 Å². The maximum Gasteiger partial charge on any atom is 0.0896 e. The molecule has 1 N–H and O–H groups in total. The van der Waals surface area contributed by atoms with E-state index in [1.54, 1.807) is 0 Å². The third-order valence-electron chi connectivity index (χ3n) is 4.03. The summed E-state index contributed by atoms with van der Waals surface area (Å²) >= 11 is 0. The summed E-state index contributed by atoms with van der Waals surface area (Å²) in [6, 6.07) is 9.13. The van der Waals surface area contributed by atoms with Crippen LogP contribution in [0.15, 0.2) is 24.3 Å². The summed E-state index contributed by atoms with van der Waals surface area (Å²) in [4.78, 5) is 2.46. The highest BCUT2D eigenvalue weighted by Crippen LogP contribution is 2.23. The summed E-state index contributed by atoms with van der Waals surface area (Å²) in [5.41, 5.74) is 2.73. The molecule has 106 valence electrons. The lowest BCUT2D eigenvalue weighted by Crippen LogP contribution is -2.47. The molecular formula is C16H26N2O. The van der Waals surface area contributed by atoms with Crippen LogP contribution < -0.4 is 5.32 Å². The van der Waals surface area contributed by atoms with Gasteiger partial charge in [0.25, 0.3) is 0 Å². The van der Waals surface area contributed by atoms with Gasteiger partial charge in [0.2, 0.25) is 0 Å². The third kappa shape index (κ3) is 3.56. The number of rotatable bonds is 5. The van der Waals surface area contributed by atoms with Gasteiger partial charge in [-0.2, -0.15) is 0 Å². The van der Waals surface area contributed by atoms with Gasteiger partial charge in [0.1, 0.15) is 0 Å². The normalized spacial score (nSPS) is 22.4. The van der Waals surface area contributed by atoms with Crippen LogP contribution in [0.2, 0.25) is 0 Å². The van der Waals surface area contributed by atoms with Gasteiger partial charge in [-0.15, -0.1) is 0 Å². The van der Waals surface area contributed by atoms with Crippen LogP contribution in [0.4, 0.5) is 0 Å². The van der Waals surface area contributed by atoms with E-state index in [1.165, 1.54) is 11.1 Å². The van der Waals surface area contributed by atoms with Gasteiger partial charge in [-0.3, -0.25) is 4.90 Å². The van der Waals surface area contributed by atoms with E-state index in [4.69, 9.17) is 4.74 Å². The fourth-order valence-electron chi connectivity index (χ4n) is 2.79. The van der Waals surface area contributed by atoms with Crippen LogP contribution in [-0.4, -0.2) is 44.3 Å². The molecule has 1 aliphatic rings. The van der Waals surface area contributed by atoms with Crippen molar-refractivity contribution in [3.8, 4) is 0 Å². The van der Waals surface area contributed by atoms with Crippen molar-refractivity contribution < 1.29 is 4.74 Å². The summed E-state index contributed by atoms with van der Waals surface area (Å²) in [5, 5.41) is 3.43. The number of hydrogen-bond donors (Lipinski definition) is 1. The molecule has 0 saturated carbocycles. The fraction of sp³-hybridized carbons (Fsp3) is 0.625. The zero-order valence-corrected chi connectivity index (χ0v) is 12.4. The Hall–Kier alpha value is -0.900. The summed E-state index contributed by atoms with van der Waals surface area (Å²) in [5.74, 6) is 0. The van der Waals surface area contributed by atoms with Crippen molar-refractivity contribution >= 4 is 0 Å². The number of hydrogen-bond acceptors (Lipinski definition) is 3. The minimum atomic E-state index is 0.241. The topological polar surface area (TPSA) is 24.5 Å². The minimum absolute atomic E-state index is 0.241. The molecule has 19 heavy (non-hydrogen) atoms. The lowest BCUT2D eigenvalue weighted by Gasteiger charge is -2.36. The van der Waals surface area contributed by atoms with Crippen molar-refractivity contribution in [2.75, 3.05) is 33.3 Å². The van der Waals surface area contributed by atoms with Gasteiger partial charge in [0, 0.05) is 13.1 Å². The standard InChI is InChI=1S/C16H26N2O/c1-4-13-7-6-8-14(11-13)16(17-3)15-12-18(5-2)9-10-19-15/h6-8,11,15-17H,4-5,9-10,12H2,1-3H3. The summed E-state index contributed by atoms with van der Waals surface area (Å²) < 4.78 is 5.99. The van der Waals surface area contributed by atoms with Gasteiger partial charge in [0.05, 0.1) is 18.8 Å². The first-order chi connectivity index (χ1) is 9.28. The van der Waals surface area contributed by atoms with Gasteiger partial charge >= 0.3 is 0 Å². The summed E-state index contributed by atoms with van der Waals surface area (Å²) in [6.07, 6.45) is 1.32. The predicted octanol–water partition coefficient (Wildman–Crippen LogP) is 2.23. The highest BCUT2D eigenvalue weighted by molar-refractivity contribution is 5.27. The second-order valence-corrected chi connectivity index (χ2v) is 5.17. The van der Waals surface area contributed by atoms with Crippen LogP contribution in [0.3, 0.4) is 0 Å². The Morgan fingerprint density at radius 3 is 2.95 bits per heavy atom. The lowest BCUT2D eigenvalue weighted by molar-refractivity contribution is -0.0444. The van der Waals surface area contributed by atoms with E-state index in [2.05, 4.69) is 48.3 Å². The van der Waals surface area contributed by atoms with Gasteiger partial charge in [-0.05, 0) is 31.1 Å². The fourth-order valence-corrected chi connectivity index (χ4v) is 2.79. The molecule has 0 bridgehead atoms. The maximum atomic E-state index is 5.99. The monoisotopic (exact) mass is 262 g/mol. The van der Waals surface area contributed by atoms with Crippen LogP contribution in [0.25, 0.3) is 0 Å². The number of likely N-dealkylation sites (N-methyl/N-ethyl adjacent to an activating group) is 2. The molecule has 0 amide bonds. The van der Waals surface area contributed by atoms with E-state index >= 15 is 0 Å². The smallest absolute Gasteiger partial charge is 0.0896 e. The molecule has 0 radical (unpaired) electrons. The molecule has 1 saturated heterocycles. The number of nitrogens with zero attached hydrogens (tertiary/aromatic N) is 1. The molecule has 2 rings (SSSR count). The highest BCUT2D eigenvalue weighted by Gasteiger charge is 2.27. The number of ether oxygens (including phenoxy) is 1. The highest BCUT2D eigenvalue weighted by atomic mass is 16.5. The number of benzene rings is 1. The SMILES string of the molecule is CCc1cccc(C(NC)C2CN(CC)CCO2)c1. The Bertz CT molecular complexity index is 394. The van der Waals surface area contributed by atoms with E-state index in [1.807, 2.05) is 7.05 Å². The minimum Gasteiger partial charge on any atom is -0.374 e. The van der Waals surface area contributed by atoms with E-state index in [0.717, 1.165) is 32.7 Å².